The van der Waals surface area contributed by atoms with Gasteiger partial charge in [-0.05, 0) is 72.9 Å². The molecule has 2 N–H and O–H groups in total. The molecule has 0 fully saturated rings. The fourth-order valence-corrected chi connectivity index (χ4v) is 3.69. The van der Waals surface area contributed by atoms with Gasteiger partial charge in [-0.1, -0.05) is 36.4 Å². The van der Waals surface area contributed by atoms with Gasteiger partial charge in [0, 0.05) is 30.0 Å². The van der Waals surface area contributed by atoms with Gasteiger partial charge in [0.2, 0.25) is 0 Å². The first kappa shape index (κ1) is 19.7. The van der Waals surface area contributed by atoms with Crippen molar-refractivity contribution in [2.24, 2.45) is 0 Å². The maximum Gasteiger partial charge on any atom is 0.319 e. The highest BCUT2D eigenvalue weighted by Crippen LogP contribution is 2.30. The van der Waals surface area contributed by atoms with Crippen LogP contribution in [0.2, 0.25) is 0 Å². The van der Waals surface area contributed by atoms with Gasteiger partial charge in [0.15, 0.2) is 0 Å². The Balaban J connectivity index is 1.38. The monoisotopic (exact) mass is 399 g/mol. The molecule has 0 aliphatic carbocycles. The molecule has 0 saturated heterocycles. The molecule has 5 heteroatoms. The Bertz CT molecular complexity index is 1090. The largest absolute Gasteiger partial charge is 0.334 e. The molecule has 0 radical (unpaired) electrons. The molecule has 0 aromatic heterocycles. The lowest BCUT2D eigenvalue weighted by atomic mass is 10.1. The first-order chi connectivity index (χ1) is 14.5. The zero-order valence-corrected chi connectivity index (χ0v) is 17.2. The van der Waals surface area contributed by atoms with Gasteiger partial charge in [0.05, 0.1) is 0 Å². The van der Waals surface area contributed by atoms with Crippen LogP contribution in [0.3, 0.4) is 0 Å². The van der Waals surface area contributed by atoms with Crippen LogP contribution in [-0.2, 0) is 13.0 Å². The summed E-state index contributed by atoms with van der Waals surface area (Å²) in [6.07, 6.45) is 0.816. The number of aryl methyl sites for hydroxylation is 2. The van der Waals surface area contributed by atoms with Gasteiger partial charge in [-0.2, -0.15) is 0 Å². The fraction of sp³-hybridized carbons (Fsp3) is 0.200. The summed E-state index contributed by atoms with van der Waals surface area (Å²) in [6.45, 7) is 5.17. The van der Waals surface area contributed by atoms with Crippen LogP contribution in [0, 0.1) is 13.8 Å². The molecule has 5 nitrogen and oxygen atoms in total. The third-order valence-corrected chi connectivity index (χ3v) is 5.52. The van der Waals surface area contributed by atoms with E-state index in [2.05, 4.69) is 16.7 Å². The highest BCUT2D eigenvalue weighted by atomic mass is 16.2. The number of nitrogens with zero attached hydrogens (tertiary/aromatic N) is 1. The third-order valence-electron chi connectivity index (χ3n) is 5.52. The minimum atomic E-state index is -0.236. The lowest BCUT2D eigenvalue weighted by Gasteiger charge is -2.17. The van der Waals surface area contributed by atoms with Crippen molar-refractivity contribution in [1.82, 2.24) is 5.32 Å². The standard InChI is InChI=1S/C25H25N3O2/c1-17-8-10-22(14-18(17)2)27-25(30)26-16-19-9-11-23-21(15-19)12-13-28(23)24(29)20-6-4-3-5-7-20/h3-11,14-15H,12-13,16H2,1-2H3,(H2,26,27,30). The third kappa shape index (κ3) is 4.20. The van der Waals surface area contributed by atoms with Crippen molar-refractivity contribution in [3.05, 3.63) is 94.5 Å². The quantitative estimate of drug-likeness (QED) is 0.660. The number of hydrogen-bond donors (Lipinski definition) is 2. The van der Waals surface area contributed by atoms with Crippen LogP contribution in [0.5, 0.6) is 0 Å². The molecule has 3 aromatic rings. The van der Waals surface area contributed by atoms with E-state index in [4.69, 9.17) is 0 Å². The molecule has 0 bridgehead atoms. The van der Waals surface area contributed by atoms with Crippen molar-refractivity contribution >= 4 is 23.3 Å². The van der Waals surface area contributed by atoms with Gasteiger partial charge in [-0.15, -0.1) is 0 Å². The first-order valence-electron chi connectivity index (χ1n) is 10.1. The summed E-state index contributed by atoms with van der Waals surface area (Å²) in [5.74, 6) is 0.0213. The molecule has 4 rings (SSSR count). The molecule has 3 amide bonds. The fourth-order valence-electron chi connectivity index (χ4n) is 3.69. The number of urea groups is 1. The summed E-state index contributed by atoms with van der Waals surface area (Å²) in [7, 11) is 0. The predicted molar refractivity (Wildman–Crippen MR) is 120 cm³/mol. The smallest absolute Gasteiger partial charge is 0.319 e. The molecule has 152 valence electrons. The van der Waals surface area contributed by atoms with Crippen LogP contribution < -0.4 is 15.5 Å². The number of fused-ring (bicyclic) bond motifs is 1. The van der Waals surface area contributed by atoms with E-state index in [1.807, 2.05) is 79.4 Å². The maximum atomic E-state index is 12.8. The van der Waals surface area contributed by atoms with E-state index in [9.17, 15) is 9.59 Å². The highest BCUT2D eigenvalue weighted by Gasteiger charge is 2.25. The molecule has 1 aliphatic rings. The Labute approximate surface area is 176 Å². The minimum absolute atomic E-state index is 0.0213. The van der Waals surface area contributed by atoms with E-state index < -0.39 is 0 Å². The molecule has 1 aliphatic heterocycles. The second-order valence-electron chi connectivity index (χ2n) is 7.64. The molecule has 1 heterocycles. The van der Waals surface area contributed by atoms with E-state index in [-0.39, 0.29) is 11.9 Å². The molecule has 0 atom stereocenters. The number of carbonyl (C=O) groups is 2. The summed E-state index contributed by atoms with van der Waals surface area (Å²) in [4.78, 5) is 26.9. The van der Waals surface area contributed by atoms with Crippen molar-refractivity contribution in [3.63, 3.8) is 0 Å². The van der Waals surface area contributed by atoms with Gasteiger partial charge < -0.3 is 15.5 Å². The van der Waals surface area contributed by atoms with Crippen molar-refractivity contribution in [3.8, 4) is 0 Å². The zero-order valence-electron chi connectivity index (χ0n) is 17.2. The van der Waals surface area contributed by atoms with Gasteiger partial charge >= 0.3 is 6.03 Å². The molecular weight excluding hydrogens is 374 g/mol. The SMILES string of the molecule is Cc1ccc(NC(=O)NCc2ccc3c(c2)CCN3C(=O)c2ccccc2)cc1C. The molecule has 0 spiro atoms. The number of anilines is 2. The van der Waals surface area contributed by atoms with Crippen LogP contribution in [0.15, 0.2) is 66.7 Å². The van der Waals surface area contributed by atoms with Crippen molar-refractivity contribution in [1.29, 1.82) is 0 Å². The van der Waals surface area contributed by atoms with Crippen LogP contribution in [0.4, 0.5) is 16.2 Å². The van der Waals surface area contributed by atoms with E-state index in [1.54, 1.807) is 0 Å². The maximum absolute atomic E-state index is 12.8. The van der Waals surface area contributed by atoms with Crippen LogP contribution in [0.1, 0.15) is 32.6 Å². The number of nitrogens with one attached hydrogen (secondary N) is 2. The van der Waals surface area contributed by atoms with Gasteiger partial charge in [0.25, 0.3) is 5.91 Å². The average Bonchev–Trinajstić information content (AvgIpc) is 3.18. The van der Waals surface area contributed by atoms with Crippen LogP contribution in [0.25, 0.3) is 0 Å². The van der Waals surface area contributed by atoms with Gasteiger partial charge in [-0.3, -0.25) is 4.79 Å². The topological polar surface area (TPSA) is 61.4 Å². The van der Waals surface area contributed by atoms with E-state index >= 15 is 0 Å². The van der Waals surface area contributed by atoms with Gasteiger partial charge in [0.1, 0.15) is 0 Å². The van der Waals surface area contributed by atoms with Crippen molar-refractivity contribution in [2.75, 3.05) is 16.8 Å². The number of rotatable bonds is 4. The van der Waals surface area contributed by atoms with E-state index in [0.717, 1.165) is 34.5 Å². The molecule has 30 heavy (non-hydrogen) atoms. The Kier molecular flexibility index (Phi) is 5.53. The summed E-state index contributed by atoms with van der Waals surface area (Å²) in [6, 6.07) is 21.0. The lowest BCUT2D eigenvalue weighted by molar-refractivity contribution is 0.0989. The summed E-state index contributed by atoms with van der Waals surface area (Å²) >= 11 is 0. The normalized spacial score (nSPS) is 12.4. The Morgan fingerprint density at radius 3 is 2.50 bits per heavy atom. The van der Waals surface area contributed by atoms with Crippen LogP contribution >= 0.6 is 0 Å². The summed E-state index contributed by atoms with van der Waals surface area (Å²) in [5, 5.41) is 5.77. The van der Waals surface area contributed by atoms with Crippen molar-refractivity contribution < 1.29 is 9.59 Å². The molecule has 0 unspecified atom stereocenters. The second kappa shape index (κ2) is 8.41. The lowest BCUT2D eigenvalue weighted by Crippen LogP contribution is -2.29. The summed E-state index contributed by atoms with van der Waals surface area (Å²) < 4.78 is 0. The first-order valence-corrected chi connectivity index (χ1v) is 10.1. The molecule has 3 aromatic carbocycles. The molecular formula is C25H25N3O2. The van der Waals surface area contributed by atoms with Crippen molar-refractivity contribution in [2.45, 2.75) is 26.8 Å². The zero-order chi connectivity index (χ0) is 21.1. The number of carbonyl (C=O) groups excluding carboxylic acids is 2. The van der Waals surface area contributed by atoms with E-state index in [0.29, 0.717) is 18.7 Å². The highest BCUT2D eigenvalue weighted by molar-refractivity contribution is 6.07. The molecule has 0 saturated carbocycles. The summed E-state index contributed by atoms with van der Waals surface area (Å²) in [5.41, 5.74) is 6.90. The Hall–Kier alpha value is -3.60. The Morgan fingerprint density at radius 1 is 0.933 bits per heavy atom. The van der Waals surface area contributed by atoms with E-state index in [1.165, 1.54) is 5.56 Å². The minimum Gasteiger partial charge on any atom is -0.334 e. The van der Waals surface area contributed by atoms with Crippen LogP contribution in [-0.4, -0.2) is 18.5 Å². The predicted octanol–water partition coefficient (Wildman–Crippen LogP) is 4.83. The Morgan fingerprint density at radius 2 is 1.73 bits per heavy atom. The number of benzene rings is 3. The number of amides is 3. The number of hydrogen-bond acceptors (Lipinski definition) is 2. The average molecular weight is 399 g/mol. The second-order valence-corrected chi connectivity index (χ2v) is 7.64. The van der Waals surface area contributed by atoms with Gasteiger partial charge in [-0.25, -0.2) is 4.79 Å².